The van der Waals surface area contributed by atoms with Crippen molar-refractivity contribution in [2.45, 2.75) is 24.5 Å². The third-order valence-corrected chi connectivity index (χ3v) is 5.43. The molecule has 2 rings (SSSR count). The summed E-state index contributed by atoms with van der Waals surface area (Å²) in [7, 11) is 1.97. The molecule has 0 bridgehead atoms. The van der Waals surface area contributed by atoms with Gasteiger partial charge in [-0.3, -0.25) is 0 Å². The van der Waals surface area contributed by atoms with Gasteiger partial charge in [-0.15, -0.1) is 11.8 Å². The number of rotatable bonds is 6. The summed E-state index contributed by atoms with van der Waals surface area (Å²) < 4.78 is 0. The van der Waals surface area contributed by atoms with Gasteiger partial charge in [0.05, 0.1) is 0 Å². The number of benzene rings is 2. The summed E-state index contributed by atoms with van der Waals surface area (Å²) in [4.78, 5) is 1.24. The quantitative estimate of drug-likeness (QED) is 0.602. The van der Waals surface area contributed by atoms with Crippen molar-refractivity contribution in [1.29, 1.82) is 0 Å². The van der Waals surface area contributed by atoms with Crippen LogP contribution < -0.4 is 5.32 Å². The molecule has 0 unspecified atom stereocenters. The van der Waals surface area contributed by atoms with Gasteiger partial charge in [-0.2, -0.15) is 0 Å². The average molecular weight is 366 g/mol. The second-order valence-corrected chi connectivity index (χ2v) is 7.38. The first-order valence-corrected chi connectivity index (χ1v) is 9.23. The van der Waals surface area contributed by atoms with Crippen LogP contribution in [0, 0.1) is 0 Å². The zero-order valence-electron chi connectivity index (χ0n) is 13.6. The molecule has 0 atom stereocenters. The summed E-state index contributed by atoms with van der Waals surface area (Å²) in [5.74, 6) is 0.836. The van der Waals surface area contributed by atoms with Gasteiger partial charge in [-0.05, 0) is 61.9 Å². The first kappa shape index (κ1) is 18.4. The van der Waals surface area contributed by atoms with E-state index >= 15 is 0 Å². The molecule has 0 saturated heterocycles. The third-order valence-electron chi connectivity index (χ3n) is 3.78. The Labute approximate surface area is 153 Å². The maximum Gasteiger partial charge on any atom is 0.0461 e. The van der Waals surface area contributed by atoms with E-state index in [1.165, 1.54) is 21.6 Å². The number of nitrogens with one attached hydrogen (secondary N) is 1. The van der Waals surface area contributed by atoms with Crippen molar-refractivity contribution < 1.29 is 0 Å². The molecule has 0 aromatic heterocycles. The summed E-state index contributed by atoms with van der Waals surface area (Å²) in [6.45, 7) is 5.25. The molecule has 0 heterocycles. The largest absolute Gasteiger partial charge is 0.316 e. The van der Waals surface area contributed by atoms with E-state index in [-0.39, 0.29) is 0 Å². The van der Waals surface area contributed by atoms with Crippen LogP contribution in [0.2, 0.25) is 10.0 Å². The van der Waals surface area contributed by atoms with Crippen molar-refractivity contribution in [3.05, 3.63) is 69.2 Å². The third kappa shape index (κ3) is 5.29. The molecule has 0 spiro atoms. The van der Waals surface area contributed by atoms with E-state index in [1.807, 2.05) is 19.2 Å². The first-order valence-electron chi connectivity index (χ1n) is 7.49. The Morgan fingerprint density at radius 3 is 2.35 bits per heavy atom. The van der Waals surface area contributed by atoms with Crippen molar-refractivity contribution >= 4 is 40.5 Å². The molecule has 2 aromatic rings. The van der Waals surface area contributed by atoms with E-state index < -0.39 is 0 Å². The van der Waals surface area contributed by atoms with Crippen LogP contribution in [0.3, 0.4) is 0 Å². The second kappa shape index (κ2) is 8.79. The second-order valence-electron chi connectivity index (χ2n) is 5.48. The van der Waals surface area contributed by atoms with Crippen molar-refractivity contribution in [2.24, 2.45) is 0 Å². The van der Waals surface area contributed by atoms with E-state index in [9.17, 15) is 0 Å². The predicted octanol–water partition coefficient (Wildman–Crippen LogP) is 6.30. The smallest absolute Gasteiger partial charge is 0.0461 e. The number of thioether (sulfide) groups is 1. The van der Waals surface area contributed by atoms with E-state index in [4.69, 9.17) is 23.2 Å². The minimum Gasteiger partial charge on any atom is -0.316 e. The minimum absolute atomic E-state index is 0.673. The number of allylic oxidation sites excluding steroid dienone is 1. The van der Waals surface area contributed by atoms with Gasteiger partial charge in [-0.1, -0.05) is 47.0 Å². The summed E-state index contributed by atoms with van der Waals surface area (Å²) in [5, 5.41) is 4.59. The van der Waals surface area contributed by atoms with Crippen LogP contribution in [-0.2, 0) is 5.75 Å². The Morgan fingerprint density at radius 1 is 1.04 bits per heavy atom. The normalized spacial score (nSPS) is 12.2. The lowest BCUT2D eigenvalue weighted by atomic mass is 10.0. The van der Waals surface area contributed by atoms with Crippen molar-refractivity contribution in [1.82, 2.24) is 5.32 Å². The van der Waals surface area contributed by atoms with Crippen molar-refractivity contribution in [3.8, 4) is 0 Å². The number of likely N-dealkylation sites (N-methyl/N-ethyl adjacent to an activating group) is 1. The molecule has 0 radical (unpaired) electrons. The number of hydrogen-bond acceptors (Lipinski definition) is 2. The van der Waals surface area contributed by atoms with Crippen LogP contribution in [-0.4, -0.2) is 13.6 Å². The highest BCUT2D eigenvalue weighted by Gasteiger charge is 2.04. The summed E-state index contributed by atoms with van der Waals surface area (Å²) in [5.41, 5.74) is 5.07. The monoisotopic (exact) mass is 365 g/mol. The van der Waals surface area contributed by atoms with Gasteiger partial charge in [0, 0.05) is 27.2 Å². The molecule has 0 saturated carbocycles. The number of halogens is 2. The minimum atomic E-state index is 0.673. The molecule has 0 amide bonds. The Kier molecular flexibility index (Phi) is 7.04. The van der Waals surface area contributed by atoms with Gasteiger partial charge < -0.3 is 5.32 Å². The molecule has 23 heavy (non-hydrogen) atoms. The maximum atomic E-state index is 6.22. The lowest BCUT2D eigenvalue weighted by Gasteiger charge is -2.09. The molecule has 1 N–H and O–H groups in total. The maximum absolute atomic E-state index is 6.22. The molecule has 4 heteroatoms. The molecule has 0 fully saturated rings. The Bertz CT molecular complexity index is 693. The molecule has 122 valence electrons. The zero-order valence-corrected chi connectivity index (χ0v) is 15.9. The topological polar surface area (TPSA) is 12.0 Å². The molecule has 2 aromatic carbocycles. The van der Waals surface area contributed by atoms with Crippen LogP contribution >= 0.6 is 35.0 Å². The lowest BCUT2D eigenvalue weighted by Crippen LogP contribution is -2.09. The average Bonchev–Trinajstić information content (AvgIpc) is 2.54. The molecule has 0 aliphatic carbocycles. The van der Waals surface area contributed by atoms with Crippen LogP contribution in [0.25, 0.3) is 5.57 Å². The Balaban J connectivity index is 2.04. The van der Waals surface area contributed by atoms with E-state index in [2.05, 4.69) is 43.4 Å². The molecule has 0 aliphatic heterocycles. The van der Waals surface area contributed by atoms with Crippen LogP contribution in [0.5, 0.6) is 0 Å². The van der Waals surface area contributed by atoms with Gasteiger partial charge in [0.15, 0.2) is 0 Å². The highest BCUT2D eigenvalue weighted by molar-refractivity contribution is 7.98. The fraction of sp³-hybridized carbons (Fsp3) is 0.263. The molecule has 0 aliphatic rings. The lowest BCUT2D eigenvalue weighted by molar-refractivity contribution is 0.881. The van der Waals surface area contributed by atoms with Gasteiger partial charge in [0.1, 0.15) is 0 Å². The van der Waals surface area contributed by atoms with Crippen molar-refractivity contribution in [2.75, 3.05) is 13.6 Å². The van der Waals surface area contributed by atoms with Gasteiger partial charge in [-0.25, -0.2) is 0 Å². The van der Waals surface area contributed by atoms with Gasteiger partial charge >= 0.3 is 0 Å². The summed E-state index contributed by atoms with van der Waals surface area (Å²) >= 11 is 13.9. The highest BCUT2D eigenvalue weighted by Crippen LogP contribution is 2.29. The molecular formula is C19H21Cl2NS. The SMILES string of the molecule is CNCC(C)=C(C)c1ccc(SCc2ccc(Cl)cc2Cl)cc1. The fourth-order valence-electron chi connectivity index (χ4n) is 2.25. The highest BCUT2D eigenvalue weighted by atomic mass is 35.5. The summed E-state index contributed by atoms with van der Waals surface area (Å²) in [6.07, 6.45) is 0. The Hall–Kier alpha value is -0.930. The number of hydrogen-bond donors (Lipinski definition) is 1. The summed E-state index contributed by atoms with van der Waals surface area (Å²) in [6, 6.07) is 14.4. The van der Waals surface area contributed by atoms with Crippen LogP contribution in [0.1, 0.15) is 25.0 Å². The molecule has 1 nitrogen and oxygen atoms in total. The van der Waals surface area contributed by atoms with Crippen molar-refractivity contribution in [3.63, 3.8) is 0 Å². The standard InChI is InChI=1S/C19H21Cl2NS/c1-13(11-22-3)14(2)15-5-8-18(9-6-15)23-12-16-4-7-17(20)10-19(16)21/h4-10,22H,11-12H2,1-3H3. The fourth-order valence-corrected chi connectivity index (χ4v) is 3.70. The van der Waals surface area contributed by atoms with Gasteiger partial charge in [0.2, 0.25) is 0 Å². The predicted molar refractivity (Wildman–Crippen MR) is 105 cm³/mol. The molecular weight excluding hydrogens is 345 g/mol. The van der Waals surface area contributed by atoms with E-state index in [0.717, 1.165) is 22.9 Å². The van der Waals surface area contributed by atoms with E-state index in [0.29, 0.717) is 5.02 Å². The first-order chi connectivity index (χ1) is 11.0. The van der Waals surface area contributed by atoms with Gasteiger partial charge in [0.25, 0.3) is 0 Å². The Morgan fingerprint density at radius 2 is 1.74 bits per heavy atom. The van der Waals surface area contributed by atoms with Crippen LogP contribution in [0.15, 0.2) is 52.9 Å². The zero-order chi connectivity index (χ0) is 16.8. The van der Waals surface area contributed by atoms with E-state index in [1.54, 1.807) is 17.8 Å². The van der Waals surface area contributed by atoms with Crippen LogP contribution in [0.4, 0.5) is 0 Å².